The fourth-order valence-corrected chi connectivity index (χ4v) is 5.75. The van der Waals surface area contributed by atoms with E-state index in [1.54, 1.807) is 0 Å². The third-order valence-electron chi connectivity index (χ3n) is 6.05. The van der Waals surface area contributed by atoms with E-state index < -0.39 is 24.2 Å². The van der Waals surface area contributed by atoms with Crippen molar-refractivity contribution in [2.45, 2.75) is 149 Å². The number of terminal acetylenes is 1. The maximum Gasteiger partial charge on any atom is 0.129 e. The van der Waals surface area contributed by atoms with Crippen molar-refractivity contribution < 1.29 is 28.8 Å². The zero-order valence-corrected chi connectivity index (χ0v) is 41.3. The minimum absolute atomic E-state index is 0.314. The maximum absolute atomic E-state index is 9.10. The Morgan fingerprint density at radius 1 is 0.717 bits per heavy atom. The van der Waals surface area contributed by atoms with Crippen molar-refractivity contribution >= 4 is 63.4 Å². The molecule has 12 heteroatoms. The van der Waals surface area contributed by atoms with Crippen LogP contribution in [0.5, 0.6) is 0 Å². The van der Waals surface area contributed by atoms with Crippen LogP contribution in [0.15, 0.2) is 0 Å². The normalized spacial score (nSPS) is 18.9. The lowest BCUT2D eigenvalue weighted by atomic mass is 10.2. The van der Waals surface area contributed by atoms with E-state index in [0.29, 0.717) is 36.5 Å². The SMILES string of the molecule is C#CCCC1CO1.C1CCOC1.CCOCC.C[Si](C)(C)C#CCBr.C[Si](C)(C)C#CCCC(O)CCl.C[Si](C)(C)C#CCCC1CO1.ClCC1CO1. The number of ether oxygens (including phenoxy) is 5. The summed E-state index contributed by atoms with van der Waals surface area (Å²) in [7, 11) is -3.40. The molecule has 4 rings (SSSR count). The van der Waals surface area contributed by atoms with Crippen LogP contribution in [-0.4, -0.2) is 117 Å². The molecule has 0 radical (unpaired) electrons. The second-order valence-corrected chi connectivity index (χ2v) is 31.0. The highest BCUT2D eigenvalue weighted by atomic mass is 79.9. The van der Waals surface area contributed by atoms with Crippen LogP contribution in [0.4, 0.5) is 0 Å². The quantitative estimate of drug-likeness (QED) is 0.102. The number of hydrogen-bond donors (Lipinski definition) is 1. The number of epoxide rings is 3. The second kappa shape index (κ2) is 37.3. The highest BCUT2D eigenvalue weighted by Crippen LogP contribution is 2.15. The topological polar surface area (TPSA) is 76.3 Å². The monoisotopic (exact) mass is 896 g/mol. The first-order valence-corrected chi connectivity index (χ1v) is 31.9. The zero-order valence-electron chi connectivity index (χ0n) is 35.2. The van der Waals surface area contributed by atoms with Crippen LogP contribution < -0.4 is 0 Å². The molecule has 0 bridgehead atoms. The molecular formula is C41H75BrCl2O6Si3. The maximum atomic E-state index is 9.10. The summed E-state index contributed by atoms with van der Waals surface area (Å²) in [5.41, 5.74) is 9.79. The average molecular weight is 899 g/mol. The molecule has 4 fully saturated rings. The smallest absolute Gasteiger partial charge is 0.129 e. The summed E-state index contributed by atoms with van der Waals surface area (Å²) < 4.78 is 24.5. The molecule has 0 aromatic rings. The summed E-state index contributed by atoms with van der Waals surface area (Å²) in [6.07, 6.45) is 14.2. The van der Waals surface area contributed by atoms with Gasteiger partial charge >= 0.3 is 0 Å². The molecular weight excluding hydrogens is 824 g/mol. The zero-order chi connectivity index (χ0) is 41.0. The van der Waals surface area contributed by atoms with Gasteiger partial charge in [0.25, 0.3) is 0 Å². The van der Waals surface area contributed by atoms with Crippen molar-refractivity contribution in [1.29, 1.82) is 0 Å². The molecule has 4 heterocycles. The molecule has 4 saturated heterocycles. The molecule has 308 valence electrons. The Bertz CT molecular complexity index is 1060. The molecule has 4 unspecified atom stereocenters. The van der Waals surface area contributed by atoms with Crippen molar-refractivity contribution in [3.05, 3.63) is 0 Å². The van der Waals surface area contributed by atoms with Gasteiger partial charge in [-0.2, -0.15) is 0 Å². The van der Waals surface area contributed by atoms with Crippen LogP contribution in [0.1, 0.15) is 65.2 Å². The molecule has 6 nitrogen and oxygen atoms in total. The number of halogens is 3. The molecule has 0 spiro atoms. The fraction of sp³-hybridized carbons (Fsp3) is 0.805. The van der Waals surface area contributed by atoms with Crippen molar-refractivity contribution in [1.82, 2.24) is 0 Å². The summed E-state index contributed by atoms with van der Waals surface area (Å²) in [4.78, 5) is 0. The Morgan fingerprint density at radius 2 is 1.13 bits per heavy atom. The Kier molecular flexibility index (Phi) is 40.1. The van der Waals surface area contributed by atoms with Gasteiger partial charge in [-0.25, -0.2) is 0 Å². The molecule has 0 aromatic carbocycles. The Morgan fingerprint density at radius 3 is 1.38 bits per heavy atom. The molecule has 0 aromatic heterocycles. The van der Waals surface area contributed by atoms with Gasteiger partial charge in [-0.05, 0) is 46.0 Å². The first-order chi connectivity index (χ1) is 24.9. The largest absolute Gasteiger partial charge is 0.392 e. The second-order valence-electron chi connectivity index (χ2n) is 15.5. The third kappa shape index (κ3) is 63.9. The lowest BCUT2D eigenvalue weighted by molar-refractivity contribution is 0.162. The molecule has 4 aliphatic rings. The third-order valence-corrected chi connectivity index (χ3v) is 9.82. The Balaban J connectivity index is -0.000000565. The highest BCUT2D eigenvalue weighted by molar-refractivity contribution is 9.09. The molecule has 0 amide bonds. The van der Waals surface area contributed by atoms with Gasteiger partial charge < -0.3 is 28.8 Å². The van der Waals surface area contributed by atoms with E-state index in [1.807, 2.05) is 13.8 Å². The van der Waals surface area contributed by atoms with E-state index in [1.165, 1.54) is 12.8 Å². The molecule has 53 heavy (non-hydrogen) atoms. The summed E-state index contributed by atoms with van der Waals surface area (Å²) in [6, 6.07) is 0. The van der Waals surface area contributed by atoms with Crippen molar-refractivity contribution in [3.63, 3.8) is 0 Å². The molecule has 4 atom stereocenters. The van der Waals surface area contributed by atoms with Crippen LogP contribution in [0.3, 0.4) is 0 Å². The van der Waals surface area contributed by atoms with E-state index in [-0.39, 0.29) is 6.10 Å². The lowest BCUT2D eigenvalue weighted by Gasteiger charge is -2.04. The van der Waals surface area contributed by atoms with Gasteiger partial charge in [-0.3, -0.25) is 0 Å². The molecule has 1 N–H and O–H groups in total. The number of hydrogen-bond acceptors (Lipinski definition) is 6. The standard InChI is InChI=1S/C9H17ClOSi.C9H16OSi.C6H11BrSi.C6H8O.C4H8O.C4H10O.C3H5ClO/c1-12(2,3)7-5-4-6-9(11)8-10;1-11(2,3)7-5-4-6-9-8-10-9;1-8(2,3)6-4-5-7;1-2-3-4-6-5-7-6;1-2-4-5-3-1;1-3-5-4-2;4-1-3-2-5-3/h9,11H,4,6,8H2,1-3H3;9H,4,6,8H2,1-3H3;5H2,1-3H3;1,6H,3-5H2;1-4H2;3-4H2,1-2H3;3H,1-2H2. The number of rotatable bonds is 10. The predicted molar refractivity (Wildman–Crippen MR) is 243 cm³/mol. The van der Waals surface area contributed by atoms with Crippen molar-refractivity contribution in [2.24, 2.45) is 0 Å². The van der Waals surface area contributed by atoms with Crippen LogP contribution in [0.2, 0.25) is 58.9 Å². The Hall–Kier alpha value is -0.289. The van der Waals surface area contributed by atoms with E-state index in [0.717, 1.165) is 83.7 Å². The summed E-state index contributed by atoms with van der Waals surface area (Å²) >= 11 is 14.0. The predicted octanol–water partition coefficient (Wildman–Crippen LogP) is 9.82. The van der Waals surface area contributed by atoms with Crippen LogP contribution in [-0.2, 0) is 23.7 Å². The van der Waals surface area contributed by atoms with E-state index in [9.17, 15) is 0 Å². The molecule has 0 saturated carbocycles. The van der Waals surface area contributed by atoms with E-state index in [4.69, 9.17) is 58.4 Å². The first kappa shape index (κ1) is 57.0. The fourth-order valence-electron chi connectivity index (χ4n) is 3.09. The van der Waals surface area contributed by atoms with Crippen molar-refractivity contribution in [2.75, 3.05) is 63.3 Å². The van der Waals surface area contributed by atoms with Gasteiger partial charge in [0.15, 0.2) is 0 Å². The first-order valence-electron chi connectivity index (χ1n) is 19.2. The Labute approximate surface area is 348 Å². The highest BCUT2D eigenvalue weighted by Gasteiger charge is 2.21. The van der Waals surface area contributed by atoms with Gasteiger partial charge in [0, 0.05) is 51.6 Å². The number of alkyl halides is 3. The van der Waals surface area contributed by atoms with Gasteiger partial charge in [0.2, 0.25) is 0 Å². The van der Waals surface area contributed by atoms with Crippen LogP contribution >= 0.6 is 39.1 Å². The van der Waals surface area contributed by atoms with Gasteiger partial charge in [0.05, 0.1) is 55.4 Å². The van der Waals surface area contributed by atoms with Crippen molar-refractivity contribution in [3.8, 4) is 46.7 Å². The lowest BCUT2D eigenvalue weighted by Crippen LogP contribution is -2.16. The van der Waals surface area contributed by atoms with Gasteiger partial charge in [-0.15, -0.1) is 64.0 Å². The van der Waals surface area contributed by atoms with Crippen LogP contribution in [0, 0.1) is 46.7 Å². The molecule has 4 aliphatic heterocycles. The minimum atomic E-state index is -1.22. The number of aliphatic hydroxyl groups excluding tert-OH is 1. The summed E-state index contributed by atoms with van der Waals surface area (Å²) in [6.45, 7) is 30.6. The molecule has 0 aliphatic carbocycles. The summed E-state index contributed by atoms with van der Waals surface area (Å²) in [5, 5.41) is 9.92. The summed E-state index contributed by atoms with van der Waals surface area (Å²) in [5.74, 6) is 12.9. The van der Waals surface area contributed by atoms with Crippen LogP contribution in [0.25, 0.3) is 0 Å². The van der Waals surface area contributed by atoms with Gasteiger partial charge in [-0.1, -0.05) is 80.8 Å². The minimum Gasteiger partial charge on any atom is -0.392 e. The van der Waals surface area contributed by atoms with E-state index >= 15 is 0 Å². The number of aliphatic hydroxyl groups is 1. The van der Waals surface area contributed by atoms with E-state index in [2.05, 4.69) is 115 Å². The van der Waals surface area contributed by atoms with Gasteiger partial charge in [0.1, 0.15) is 24.2 Å². The average Bonchev–Trinajstić information content (AvgIpc) is 4.01.